The van der Waals surface area contributed by atoms with Crippen LogP contribution in [0.4, 0.5) is 0 Å². The summed E-state index contributed by atoms with van der Waals surface area (Å²) in [5, 5.41) is 4.73. The number of aryl methyl sites for hydroxylation is 1. The normalized spacial score (nSPS) is 22.4. The van der Waals surface area contributed by atoms with Gasteiger partial charge in [-0.3, -0.25) is 9.48 Å². The zero-order valence-corrected chi connectivity index (χ0v) is 12.8. The zero-order valence-electron chi connectivity index (χ0n) is 12.1. The lowest BCUT2D eigenvalue weighted by Gasteiger charge is -2.37. The van der Waals surface area contributed by atoms with Gasteiger partial charge in [0.25, 0.3) is 0 Å². The summed E-state index contributed by atoms with van der Waals surface area (Å²) >= 11 is 6.18. The first-order valence-corrected chi connectivity index (χ1v) is 7.60. The van der Waals surface area contributed by atoms with Crippen molar-refractivity contribution in [3.8, 4) is 0 Å². The second kappa shape index (κ2) is 5.66. The van der Waals surface area contributed by atoms with Crippen molar-refractivity contribution in [3.05, 3.63) is 16.9 Å². The minimum absolute atomic E-state index is 0.0694. The van der Waals surface area contributed by atoms with E-state index in [0.717, 1.165) is 32.2 Å². The van der Waals surface area contributed by atoms with Crippen LogP contribution in [-0.2, 0) is 6.54 Å². The third-order valence-corrected chi connectivity index (χ3v) is 4.56. The molecular formula is C15H23ClN2O. The van der Waals surface area contributed by atoms with E-state index in [1.165, 1.54) is 6.42 Å². The lowest BCUT2D eigenvalue weighted by Crippen LogP contribution is -2.35. The van der Waals surface area contributed by atoms with Gasteiger partial charge in [0.1, 0.15) is 5.69 Å². The molecule has 1 saturated carbocycles. The maximum absolute atomic E-state index is 12.8. The van der Waals surface area contributed by atoms with Gasteiger partial charge in [-0.2, -0.15) is 5.10 Å². The fourth-order valence-corrected chi connectivity index (χ4v) is 3.37. The van der Waals surface area contributed by atoms with E-state index in [0.29, 0.717) is 10.7 Å². The number of halogens is 1. The highest BCUT2D eigenvalue weighted by molar-refractivity contribution is 6.33. The molecule has 0 spiro atoms. The minimum Gasteiger partial charge on any atom is -0.292 e. The molecule has 1 aromatic rings. The van der Waals surface area contributed by atoms with Gasteiger partial charge in [0.2, 0.25) is 0 Å². The topological polar surface area (TPSA) is 34.9 Å². The number of hydrogen-bond acceptors (Lipinski definition) is 2. The van der Waals surface area contributed by atoms with Crippen molar-refractivity contribution >= 4 is 17.4 Å². The Labute approximate surface area is 120 Å². The number of nitrogens with zero attached hydrogens (tertiary/aromatic N) is 2. The van der Waals surface area contributed by atoms with Gasteiger partial charge in [-0.1, -0.05) is 45.2 Å². The van der Waals surface area contributed by atoms with Crippen molar-refractivity contribution in [2.75, 3.05) is 0 Å². The molecule has 4 heteroatoms. The van der Waals surface area contributed by atoms with Gasteiger partial charge in [-0.15, -0.1) is 0 Å². The minimum atomic E-state index is 0.0694. The maximum Gasteiger partial charge on any atom is 0.185 e. The molecule has 1 fully saturated rings. The zero-order chi connectivity index (χ0) is 14.0. The molecule has 1 aromatic heterocycles. The monoisotopic (exact) mass is 282 g/mol. The van der Waals surface area contributed by atoms with Gasteiger partial charge in [-0.25, -0.2) is 0 Å². The first-order valence-electron chi connectivity index (χ1n) is 7.23. The van der Waals surface area contributed by atoms with Crippen LogP contribution in [0.2, 0.25) is 5.02 Å². The molecule has 1 unspecified atom stereocenters. The van der Waals surface area contributed by atoms with Crippen LogP contribution in [0, 0.1) is 11.3 Å². The quantitative estimate of drug-likeness (QED) is 0.770. The van der Waals surface area contributed by atoms with Gasteiger partial charge in [0.05, 0.1) is 11.2 Å². The number of carbonyl (C=O) groups excluding carboxylic acids is 1. The van der Waals surface area contributed by atoms with E-state index in [1.54, 1.807) is 10.9 Å². The Morgan fingerprint density at radius 2 is 2.26 bits per heavy atom. The predicted molar refractivity (Wildman–Crippen MR) is 77.6 cm³/mol. The summed E-state index contributed by atoms with van der Waals surface area (Å²) in [6.45, 7) is 7.22. The Bertz CT molecular complexity index is 465. The van der Waals surface area contributed by atoms with E-state index >= 15 is 0 Å². The Hall–Kier alpha value is -0.830. The molecule has 0 amide bonds. The number of aromatic nitrogens is 2. The van der Waals surface area contributed by atoms with Crippen molar-refractivity contribution in [1.29, 1.82) is 0 Å². The van der Waals surface area contributed by atoms with Crippen LogP contribution in [0.1, 0.15) is 63.4 Å². The Morgan fingerprint density at radius 1 is 1.53 bits per heavy atom. The predicted octanol–water partition coefficient (Wildman–Crippen LogP) is 4.35. The van der Waals surface area contributed by atoms with Crippen molar-refractivity contribution in [2.45, 2.75) is 59.4 Å². The van der Waals surface area contributed by atoms with E-state index in [-0.39, 0.29) is 17.1 Å². The van der Waals surface area contributed by atoms with Crippen LogP contribution in [0.15, 0.2) is 6.20 Å². The average Bonchev–Trinajstić information content (AvgIpc) is 2.70. The van der Waals surface area contributed by atoms with E-state index in [1.807, 2.05) is 0 Å². The van der Waals surface area contributed by atoms with Crippen LogP contribution < -0.4 is 0 Å². The van der Waals surface area contributed by atoms with Gasteiger partial charge in [0.15, 0.2) is 5.78 Å². The lowest BCUT2D eigenvalue weighted by molar-refractivity contribution is 0.0686. The second-order valence-corrected chi connectivity index (χ2v) is 6.62. The Morgan fingerprint density at radius 3 is 2.89 bits per heavy atom. The molecular weight excluding hydrogens is 260 g/mol. The fourth-order valence-electron chi connectivity index (χ4n) is 3.13. The number of ketones is 1. The van der Waals surface area contributed by atoms with E-state index < -0.39 is 0 Å². The van der Waals surface area contributed by atoms with E-state index in [2.05, 4.69) is 25.9 Å². The molecule has 1 aliphatic rings. The summed E-state index contributed by atoms with van der Waals surface area (Å²) in [4.78, 5) is 12.8. The molecule has 0 saturated heterocycles. The molecule has 0 bridgehead atoms. The largest absolute Gasteiger partial charge is 0.292 e. The van der Waals surface area contributed by atoms with Crippen LogP contribution in [0.25, 0.3) is 0 Å². The van der Waals surface area contributed by atoms with Crippen LogP contribution in [0.5, 0.6) is 0 Å². The highest BCUT2D eigenvalue weighted by atomic mass is 35.5. The van der Waals surface area contributed by atoms with Gasteiger partial charge < -0.3 is 0 Å². The third-order valence-electron chi connectivity index (χ3n) is 4.29. The molecule has 1 aliphatic carbocycles. The van der Waals surface area contributed by atoms with Crippen molar-refractivity contribution in [2.24, 2.45) is 11.3 Å². The Balaban J connectivity index is 2.30. The molecule has 19 heavy (non-hydrogen) atoms. The average molecular weight is 283 g/mol. The number of rotatable bonds is 4. The summed E-state index contributed by atoms with van der Waals surface area (Å²) in [6.07, 6.45) is 6.99. The van der Waals surface area contributed by atoms with Crippen molar-refractivity contribution < 1.29 is 4.79 Å². The van der Waals surface area contributed by atoms with Crippen LogP contribution in [-0.4, -0.2) is 15.6 Å². The summed E-state index contributed by atoms with van der Waals surface area (Å²) in [5.74, 6) is 0.256. The first-order chi connectivity index (χ1) is 8.97. The van der Waals surface area contributed by atoms with Gasteiger partial charge in [-0.05, 0) is 24.7 Å². The van der Waals surface area contributed by atoms with Gasteiger partial charge >= 0.3 is 0 Å². The maximum atomic E-state index is 12.8. The molecule has 2 rings (SSSR count). The standard InChI is InChI=1S/C15H23ClN2O/c1-4-9-18-13(12(16)10-17-18)14(19)11-7-5-6-8-15(11,2)3/h10-11H,4-9H2,1-3H3. The summed E-state index contributed by atoms with van der Waals surface area (Å²) < 4.78 is 1.77. The molecule has 106 valence electrons. The lowest BCUT2D eigenvalue weighted by atomic mass is 9.67. The first kappa shape index (κ1) is 14.6. The number of carbonyl (C=O) groups is 1. The SMILES string of the molecule is CCCn1ncc(Cl)c1C(=O)C1CCCCC1(C)C. The second-order valence-electron chi connectivity index (χ2n) is 6.22. The van der Waals surface area contributed by atoms with Crippen LogP contribution in [0.3, 0.4) is 0 Å². The molecule has 0 radical (unpaired) electrons. The molecule has 0 aromatic carbocycles. The van der Waals surface area contributed by atoms with E-state index in [9.17, 15) is 4.79 Å². The summed E-state index contributed by atoms with van der Waals surface area (Å²) in [6, 6.07) is 0. The van der Waals surface area contributed by atoms with Crippen molar-refractivity contribution in [1.82, 2.24) is 9.78 Å². The summed E-state index contributed by atoms with van der Waals surface area (Å²) in [5.41, 5.74) is 0.684. The molecule has 3 nitrogen and oxygen atoms in total. The van der Waals surface area contributed by atoms with Crippen molar-refractivity contribution in [3.63, 3.8) is 0 Å². The molecule has 1 heterocycles. The molecule has 1 atom stereocenters. The smallest absolute Gasteiger partial charge is 0.185 e. The Kier molecular flexibility index (Phi) is 4.34. The van der Waals surface area contributed by atoms with E-state index in [4.69, 9.17) is 11.6 Å². The number of Topliss-reactive ketones (excluding diaryl/α,β-unsaturated/α-hetero) is 1. The fraction of sp³-hybridized carbons (Fsp3) is 0.733. The molecule has 0 aliphatic heterocycles. The molecule has 0 N–H and O–H groups in total. The highest BCUT2D eigenvalue weighted by Gasteiger charge is 2.39. The summed E-state index contributed by atoms with van der Waals surface area (Å²) in [7, 11) is 0. The van der Waals surface area contributed by atoms with Crippen LogP contribution >= 0.6 is 11.6 Å². The highest BCUT2D eigenvalue weighted by Crippen LogP contribution is 2.42. The number of hydrogen-bond donors (Lipinski definition) is 0. The third kappa shape index (κ3) is 2.86. The van der Waals surface area contributed by atoms with Gasteiger partial charge in [0, 0.05) is 12.5 Å².